The highest BCUT2D eigenvalue weighted by Gasteiger charge is 2.31. The first kappa shape index (κ1) is 16.4. The molecule has 1 saturated heterocycles. The fourth-order valence-corrected chi connectivity index (χ4v) is 2.97. The highest BCUT2D eigenvalue weighted by atomic mass is 32.1. The van der Waals surface area contributed by atoms with Gasteiger partial charge in [0.2, 0.25) is 5.91 Å². The number of carbonyl (C=O) groups excluding carboxylic acids is 1. The maximum absolute atomic E-state index is 12.4. The lowest BCUT2D eigenvalue weighted by atomic mass is 9.94. The van der Waals surface area contributed by atoms with Gasteiger partial charge in [0.15, 0.2) is 0 Å². The van der Waals surface area contributed by atoms with Crippen molar-refractivity contribution >= 4 is 23.1 Å². The first-order chi connectivity index (χ1) is 8.82. The van der Waals surface area contributed by atoms with E-state index in [9.17, 15) is 4.79 Å². The number of nitrogens with two attached hydrogens (primary N) is 1. The molecule has 1 atom stereocenters. The summed E-state index contributed by atoms with van der Waals surface area (Å²) >= 11 is 5.04. The molecule has 1 aliphatic rings. The normalized spacial score (nSPS) is 18.9. The molecule has 0 saturated carbocycles. The molecular weight excluding hydrogens is 258 g/mol. The minimum atomic E-state index is -0.313. The van der Waals surface area contributed by atoms with Crippen LogP contribution in [-0.4, -0.2) is 53.4 Å². The number of piperazine rings is 1. The van der Waals surface area contributed by atoms with Crippen LogP contribution in [0, 0.1) is 17.8 Å². The van der Waals surface area contributed by atoms with E-state index in [1.54, 1.807) is 0 Å². The summed E-state index contributed by atoms with van der Waals surface area (Å²) in [5.41, 5.74) is 5.71. The van der Waals surface area contributed by atoms with Crippen molar-refractivity contribution in [1.29, 1.82) is 0 Å². The molecule has 0 aliphatic carbocycles. The summed E-state index contributed by atoms with van der Waals surface area (Å²) in [5.74, 6) is 0.624. The molecule has 1 amide bonds. The van der Waals surface area contributed by atoms with Crippen LogP contribution in [0.2, 0.25) is 0 Å². The topological polar surface area (TPSA) is 49.6 Å². The Morgan fingerprint density at radius 2 is 1.68 bits per heavy atom. The molecule has 0 aromatic heterocycles. The average Bonchev–Trinajstić information content (AvgIpc) is 2.27. The number of hydrogen-bond donors (Lipinski definition) is 1. The van der Waals surface area contributed by atoms with E-state index in [4.69, 9.17) is 18.0 Å². The smallest absolute Gasteiger partial charge is 0.232 e. The molecule has 0 aromatic carbocycles. The molecule has 0 aromatic rings. The zero-order chi connectivity index (χ0) is 14.6. The predicted octanol–water partition coefficient (Wildman–Crippen LogP) is 1.34. The number of thiocarbonyl (C=S) groups is 1. The Labute approximate surface area is 122 Å². The monoisotopic (exact) mass is 285 g/mol. The number of carbonyl (C=O) groups is 1. The van der Waals surface area contributed by atoms with Gasteiger partial charge in [0.05, 0.1) is 10.9 Å². The van der Waals surface area contributed by atoms with Gasteiger partial charge in [0.1, 0.15) is 0 Å². The predicted molar refractivity (Wildman–Crippen MR) is 83.0 cm³/mol. The van der Waals surface area contributed by atoms with Gasteiger partial charge >= 0.3 is 0 Å². The van der Waals surface area contributed by atoms with E-state index in [-0.39, 0.29) is 17.7 Å². The van der Waals surface area contributed by atoms with E-state index in [1.807, 2.05) is 18.7 Å². The van der Waals surface area contributed by atoms with Crippen LogP contribution in [0.3, 0.4) is 0 Å². The molecule has 0 radical (unpaired) electrons. The Kier molecular flexibility index (Phi) is 6.20. The lowest BCUT2D eigenvalue weighted by Gasteiger charge is -2.37. The van der Waals surface area contributed by atoms with Crippen LogP contribution in [0.1, 0.15) is 27.7 Å². The minimum absolute atomic E-state index is 0.103. The van der Waals surface area contributed by atoms with Gasteiger partial charge in [-0.15, -0.1) is 0 Å². The van der Waals surface area contributed by atoms with E-state index < -0.39 is 0 Å². The molecule has 2 N–H and O–H groups in total. The van der Waals surface area contributed by atoms with Crippen LogP contribution in [0.5, 0.6) is 0 Å². The van der Waals surface area contributed by atoms with Crippen LogP contribution < -0.4 is 5.73 Å². The average molecular weight is 285 g/mol. The summed E-state index contributed by atoms with van der Waals surface area (Å²) < 4.78 is 0. The number of amides is 1. The van der Waals surface area contributed by atoms with Crippen LogP contribution >= 0.6 is 12.2 Å². The van der Waals surface area contributed by atoms with Crippen molar-refractivity contribution in [3.05, 3.63) is 0 Å². The quantitative estimate of drug-likeness (QED) is 0.775. The van der Waals surface area contributed by atoms with Gasteiger partial charge in [-0.3, -0.25) is 9.69 Å². The maximum atomic E-state index is 12.4. The van der Waals surface area contributed by atoms with Crippen molar-refractivity contribution in [2.45, 2.75) is 27.7 Å². The Morgan fingerprint density at radius 1 is 1.16 bits per heavy atom. The molecule has 19 heavy (non-hydrogen) atoms. The highest BCUT2D eigenvalue weighted by molar-refractivity contribution is 7.80. The lowest BCUT2D eigenvalue weighted by Crippen LogP contribution is -2.53. The summed E-state index contributed by atoms with van der Waals surface area (Å²) in [7, 11) is 0. The summed E-state index contributed by atoms with van der Waals surface area (Å²) in [6.07, 6.45) is 0. The summed E-state index contributed by atoms with van der Waals surface area (Å²) in [4.78, 5) is 17.1. The molecule has 1 fully saturated rings. The van der Waals surface area contributed by atoms with Gasteiger partial charge in [0, 0.05) is 32.7 Å². The van der Waals surface area contributed by atoms with Gasteiger partial charge in [-0.25, -0.2) is 0 Å². The van der Waals surface area contributed by atoms with Crippen LogP contribution in [0.15, 0.2) is 0 Å². The fourth-order valence-electron chi connectivity index (χ4n) is 2.60. The Balaban J connectivity index is 2.54. The second kappa shape index (κ2) is 7.20. The van der Waals surface area contributed by atoms with E-state index in [0.29, 0.717) is 10.9 Å². The molecule has 110 valence electrons. The summed E-state index contributed by atoms with van der Waals surface area (Å²) in [6, 6.07) is 0. The van der Waals surface area contributed by atoms with Crippen molar-refractivity contribution in [1.82, 2.24) is 9.80 Å². The van der Waals surface area contributed by atoms with Crippen molar-refractivity contribution in [3.63, 3.8) is 0 Å². The third kappa shape index (κ3) is 4.73. The molecule has 4 nitrogen and oxygen atoms in total. The van der Waals surface area contributed by atoms with Gasteiger partial charge in [-0.05, 0) is 11.8 Å². The first-order valence-corrected chi connectivity index (χ1v) is 7.54. The number of rotatable bonds is 5. The number of nitrogens with zero attached hydrogens (tertiary/aromatic N) is 2. The number of hydrogen-bond acceptors (Lipinski definition) is 3. The van der Waals surface area contributed by atoms with Crippen LogP contribution in [-0.2, 0) is 4.79 Å². The molecule has 0 spiro atoms. The maximum Gasteiger partial charge on any atom is 0.232 e. The van der Waals surface area contributed by atoms with Crippen molar-refractivity contribution in [2.75, 3.05) is 32.7 Å². The highest BCUT2D eigenvalue weighted by Crippen LogP contribution is 2.16. The summed E-state index contributed by atoms with van der Waals surface area (Å²) in [6.45, 7) is 13.0. The first-order valence-electron chi connectivity index (χ1n) is 7.13. The molecular formula is C14H27N3OS. The van der Waals surface area contributed by atoms with Gasteiger partial charge in [-0.1, -0.05) is 39.9 Å². The molecule has 1 unspecified atom stereocenters. The SMILES string of the molecule is CC(C)CN1CCN(C(=O)C(C(N)=S)C(C)C)CC1. The van der Waals surface area contributed by atoms with Crippen molar-refractivity contribution < 1.29 is 4.79 Å². The van der Waals surface area contributed by atoms with E-state index in [1.165, 1.54) is 0 Å². The van der Waals surface area contributed by atoms with Gasteiger partial charge < -0.3 is 10.6 Å². The van der Waals surface area contributed by atoms with Crippen molar-refractivity contribution in [3.8, 4) is 0 Å². The van der Waals surface area contributed by atoms with E-state index in [2.05, 4.69) is 18.7 Å². The lowest BCUT2D eigenvalue weighted by molar-refractivity contribution is -0.136. The summed E-state index contributed by atoms with van der Waals surface area (Å²) in [5, 5.41) is 0. The molecule has 5 heteroatoms. The molecule has 1 rings (SSSR count). The van der Waals surface area contributed by atoms with Gasteiger partial charge in [0.25, 0.3) is 0 Å². The zero-order valence-electron chi connectivity index (χ0n) is 12.6. The largest absolute Gasteiger partial charge is 0.393 e. The Hall–Kier alpha value is -0.680. The zero-order valence-corrected chi connectivity index (χ0v) is 13.4. The van der Waals surface area contributed by atoms with Crippen LogP contribution in [0.25, 0.3) is 0 Å². The fraction of sp³-hybridized carbons (Fsp3) is 0.857. The van der Waals surface area contributed by atoms with Gasteiger partial charge in [-0.2, -0.15) is 0 Å². The molecule has 1 aliphatic heterocycles. The van der Waals surface area contributed by atoms with E-state index in [0.717, 1.165) is 32.7 Å². The minimum Gasteiger partial charge on any atom is -0.393 e. The Morgan fingerprint density at radius 3 is 2.05 bits per heavy atom. The molecule has 0 bridgehead atoms. The van der Waals surface area contributed by atoms with Crippen LogP contribution in [0.4, 0.5) is 0 Å². The Bertz CT molecular complexity index is 323. The second-order valence-corrected chi connectivity index (χ2v) is 6.62. The van der Waals surface area contributed by atoms with Crippen molar-refractivity contribution in [2.24, 2.45) is 23.5 Å². The third-order valence-electron chi connectivity index (χ3n) is 3.55. The standard InChI is InChI=1S/C14H27N3OS/c1-10(2)9-16-5-7-17(8-6-16)14(18)12(11(3)4)13(15)19/h10-12H,5-9H2,1-4H3,(H2,15,19). The third-order valence-corrected chi connectivity index (χ3v) is 3.80. The van der Waals surface area contributed by atoms with E-state index >= 15 is 0 Å². The second-order valence-electron chi connectivity index (χ2n) is 6.14. The molecule has 1 heterocycles.